The normalized spacial score (nSPS) is 23.7. The maximum Gasteiger partial charge on any atom is 0.247 e. The first-order valence-electron chi connectivity index (χ1n) is 13.2. The van der Waals surface area contributed by atoms with Gasteiger partial charge in [-0.15, -0.1) is 0 Å². The van der Waals surface area contributed by atoms with Crippen molar-refractivity contribution in [3.8, 4) is 0 Å². The van der Waals surface area contributed by atoms with E-state index in [1.807, 2.05) is 19.9 Å². The smallest absolute Gasteiger partial charge is 0.247 e. The third kappa shape index (κ3) is 5.83. The van der Waals surface area contributed by atoms with Crippen LogP contribution in [0.5, 0.6) is 0 Å². The highest BCUT2D eigenvalue weighted by atomic mass is 35.5. The van der Waals surface area contributed by atoms with Crippen LogP contribution >= 0.6 is 11.6 Å². The van der Waals surface area contributed by atoms with Crippen LogP contribution in [-0.4, -0.2) is 70.7 Å². The molecule has 4 rings (SSSR count). The number of likely N-dealkylation sites (tertiary alicyclic amines) is 1. The summed E-state index contributed by atoms with van der Waals surface area (Å²) in [5.74, 6) is 0.425. The monoisotopic (exact) mass is 502 g/mol. The van der Waals surface area contributed by atoms with Crippen LogP contribution < -0.4 is 5.32 Å². The average Bonchev–Trinajstić information content (AvgIpc) is 3.54. The molecule has 1 saturated carbocycles. The first-order valence-corrected chi connectivity index (χ1v) is 13.6. The number of halogens is 1. The SMILES string of the molecule is CCC(=O)N1CCC[C@H]1C(=O)Nc1cc(Cl)cc(CN2CCN(C(=O)C3CCCC3)[C@@H](C)C2)c1C. The zero-order valence-electron chi connectivity index (χ0n) is 21.3. The minimum atomic E-state index is -0.421. The standard InChI is InChI=1S/C27H39ClN4O3/c1-4-25(33)32-11-7-10-24(32)26(34)29-23-15-22(28)14-21(19(23)3)17-30-12-13-31(18(2)16-30)27(35)20-8-5-6-9-20/h14-15,18,20,24H,4-13,16-17H2,1-3H3,(H,29,34)/t18-,24-/m0/s1. The van der Waals surface area contributed by atoms with Crippen LogP contribution in [0.1, 0.15) is 69.9 Å². The molecule has 0 unspecified atom stereocenters. The Bertz CT molecular complexity index is 962. The number of benzene rings is 1. The summed E-state index contributed by atoms with van der Waals surface area (Å²) in [4.78, 5) is 44.4. The molecule has 35 heavy (non-hydrogen) atoms. The summed E-state index contributed by atoms with van der Waals surface area (Å²) in [6.45, 7) is 9.73. The van der Waals surface area contributed by atoms with Gasteiger partial charge >= 0.3 is 0 Å². The molecule has 1 aliphatic carbocycles. The Labute approximate surface area is 214 Å². The van der Waals surface area contributed by atoms with Crippen molar-refractivity contribution in [3.05, 3.63) is 28.3 Å². The van der Waals surface area contributed by atoms with E-state index in [2.05, 4.69) is 22.0 Å². The van der Waals surface area contributed by atoms with Crippen LogP contribution in [0.4, 0.5) is 5.69 Å². The molecule has 2 saturated heterocycles. The summed E-state index contributed by atoms with van der Waals surface area (Å²) in [7, 11) is 0. The van der Waals surface area contributed by atoms with Crippen molar-refractivity contribution in [3.63, 3.8) is 0 Å². The predicted molar refractivity (Wildman–Crippen MR) is 138 cm³/mol. The molecule has 8 heteroatoms. The van der Waals surface area contributed by atoms with Crippen molar-refractivity contribution < 1.29 is 14.4 Å². The average molecular weight is 503 g/mol. The molecule has 1 aromatic rings. The van der Waals surface area contributed by atoms with E-state index in [9.17, 15) is 14.4 Å². The molecular weight excluding hydrogens is 464 g/mol. The lowest BCUT2D eigenvalue weighted by atomic mass is 10.0. The Hall–Kier alpha value is -2.12. The first kappa shape index (κ1) is 26.0. The van der Waals surface area contributed by atoms with E-state index >= 15 is 0 Å². The van der Waals surface area contributed by atoms with E-state index in [1.54, 1.807) is 11.0 Å². The van der Waals surface area contributed by atoms with Crippen LogP contribution in [0.25, 0.3) is 0 Å². The Balaban J connectivity index is 1.40. The van der Waals surface area contributed by atoms with Gasteiger partial charge in [-0.1, -0.05) is 31.4 Å². The van der Waals surface area contributed by atoms with Crippen molar-refractivity contribution in [2.75, 3.05) is 31.5 Å². The Morgan fingerprint density at radius 3 is 2.46 bits per heavy atom. The van der Waals surface area contributed by atoms with Gasteiger partial charge in [0, 0.05) is 61.8 Å². The number of carbonyl (C=O) groups excluding carboxylic acids is 3. The van der Waals surface area contributed by atoms with Crippen LogP contribution in [0.15, 0.2) is 12.1 Å². The van der Waals surface area contributed by atoms with Gasteiger partial charge in [0.05, 0.1) is 0 Å². The lowest BCUT2D eigenvalue weighted by molar-refractivity contribution is -0.140. The second-order valence-corrected chi connectivity index (χ2v) is 10.9. The molecule has 0 spiro atoms. The maximum absolute atomic E-state index is 13.1. The van der Waals surface area contributed by atoms with Gasteiger partial charge in [-0.25, -0.2) is 0 Å². The summed E-state index contributed by atoms with van der Waals surface area (Å²) >= 11 is 6.46. The van der Waals surface area contributed by atoms with Crippen LogP contribution in [0.3, 0.4) is 0 Å². The number of carbonyl (C=O) groups is 3. The van der Waals surface area contributed by atoms with E-state index in [4.69, 9.17) is 11.6 Å². The third-order valence-corrected chi connectivity index (χ3v) is 8.23. The quantitative estimate of drug-likeness (QED) is 0.632. The highest BCUT2D eigenvalue weighted by Crippen LogP contribution is 2.30. The van der Waals surface area contributed by atoms with Crippen molar-refractivity contribution in [2.45, 2.75) is 84.3 Å². The lowest BCUT2D eigenvalue weighted by Crippen LogP contribution is -2.54. The van der Waals surface area contributed by atoms with Gasteiger partial charge in [-0.2, -0.15) is 0 Å². The molecule has 1 aromatic carbocycles. The summed E-state index contributed by atoms with van der Waals surface area (Å²) in [6.07, 6.45) is 6.35. The molecular formula is C27H39ClN4O3. The molecule has 0 radical (unpaired) electrons. The summed E-state index contributed by atoms with van der Waals surface area (Å²) < 4.78 is 0. The van der Waals surface area contributed by atoms with Gasteiger partial charge in [0.1, 0.15) is 6.04 Å². The maximum atomic E-state index is 13.1. The molecule has 1 N–H and O–H groups in total. The number of hydrogen-bond acceptors (Lipinski definition) is 4. The number of rotatable bonds is 6. The topological polar surface area (TPSA) is 73.0 Å². The molecule has 0 bridgehead atoms. The van der Waals surface area contributed by atoms with Crippen LogP contribution in [0.2, 0.25) is 5.02 Å². The molecule has 0 aromatic heterocycles. The summed E-state index contributed by atoms with van der Waals surface area (Å²) in [5.41, 5.74) is 2.77. The minimum absolute atomic E-state index is 0.0193. The van der Waals surface area contributed by atoms with Gasteiger partial charge < -0.3 is 15.1 Å². The van der Waals surface area contributed by atoms with Gasteiger partial charge in [0.2, 0.25) is 17.7 Å². The second-order valence-electron chi connectivity index (χ2n) is 10.4. The number of hydrogen-bond donors (Lipinski definition) is 1. The Morgan fingerprint density at radius 1 is 1.03 bits per heavy atom. The molecule has 2 atom stereocenters. The highest BCUT2D eigenvalue weighted by Gasteiger charge is 2.35. The zero-order valence-corrected chi connectivity index (χ0v) is 22.1. The second kappa shape index (κ2) is 11.3. The highest BCUT2D eigenvalue weighted by molar-refractivity contribution is 6.31. The van der Waals surface area contributed by atoms with E-state index in [1.165, 1.54) is 12.8 Å². The molecule has 2 aliphatic heterocycles. The first-order chi connectivity index (χ1) is 16.8. The number of anilines is 1. The van der Waals surface area contributed by atoms with E-state index < -0.39 is 6.04 Å². The fourth-order valence-corrected chi connectivity index (χ4v) is 6.18. The molecule has 3 amide bonds. The summed E-state index contributed by atoms with van der Waals surface area (Å²) in [6, 6.07) is 3.52. The van der Waals surface area contributed by atoms with E-state index in [-0.39, 0.29) is 23.8 Å². The number of nitrogens with zero attached hydrogens (tertiary/aromatic N) is 3. The third-order valence-electron chi connectivity index (χ3n) is 8.01. The van der Waals surface area contributed by atoms with Crippen LogP contribution in [-0.2, 0) is 20.9 Å². The zero-order chi connectivity index (χ0) is 25.1. The van der Waals surface area contributed by atoms with Gasteiger partial charge in [-0.05, 0) is 62.8 Å². The van der Waals surface area contributed by atoms with E-state index in [0.29, 0.717) is 36.0 Å². The number of piperazine rings is 1. The lowest BCUT2D eigenvalue weighted by Gasteiger charge is -2.41. The molecule has 3 aliphatic rings. The van der Waals surface area contributed by atoms with Gasteiger partial charge in [0.15, 0.2) is 0 Å². The van der Waals surface area contributed by atoms with Crippen molar-refractivity contribution >= 4 is 35.0 Å². The molecule has 3 fully saturated rings. The van der Waals surface area contributed by atoms with Gasteiger partial charge in [0.25, 0.3) is 0 Å². The minimum Gasteiger partial charge on any atom is -0.337 e. The van der Waals surface area contributed by atoms with Gasteiger partial charge in [-0.3, -0.25) is 19.3 Å². The number of amides is 3. The van der Waals surface area contributed by atoms with Crippen LogP contribution in [0, 0.1) is 12.8 Å². The molecule has 7 nitrogen and oxygen atoms in total. The fraction of sp³-hybridized carbons (Fsp3) is 0.667. The van der Waals surface area contributed by atoms with Crippen molar-refractivity contribution in [1.29, 1.82) is 0 Å². The fourth-order valence-electron chi connectivity index (χ4n) is 5.94. The molecule has 192 valence electrons. The Kier molecular flexibility index (Phi) is 8.38. The summed E-state index contributed by atoms with van der Waals surface area (Å²) in [5, 5.41) is 3.63. The van der Waals surface area contributed by atoms with Crippen molar-refractivity contribution in [1.82, 2.24) is 14.7 Å². The largest absolute Gasteiger partial charge is 0.337 e. The Morgan fingerprint density at radius 2 is 1.77 bits per heavy atom. The van der Waals surface area contributed by atoms with Crippen molar-refractivity contribution in [2.24, 2.45) is 5.92 Å². The number of nitrogens with one attached hydrogen (secondary N) is 1. The van der Waals surface area contributed by atoms with E-state index in [0.717, 1.165) is 56.6 Å². The molecule has 2 heterocycles. The predicted octanol–water partition coefficient (Wildman–Crippen LogP) is 4.21.